The van der Waals surface area contributed by atoms with Crippen LogP contribution in [0.15, 0.2) is 23.0 Å². The Morgan fingerprint density at radius 3 is 2.89 bits per heavy atom. The second-order valence-corrected chi connectivity index (χ2v) is 5.41. The molecule has 0 saturated carbocycles. The maximum absolute atomic E-state index is 5.20. The molecule has 0 aliphatic carbocycles. The maximum Gasteiger partial charge on any atom is 0.0954 e. The van der Waals surface area contributed by atoms with Crippen LogP contribution in [0.1, 0.15) is 55.3 Å². The Morgan fingerprint density at radius 1 is 1.44 bits per heavy atom. The molecule has 5 heteroatoms. The van der Waals surface area contributed by atoms with E-state index in [1.807, 2.05) is 6.07 Å². The number of rotatable bonds is 6. The molecule has 0 aliphatic heterocycles. The number of furan rings is 1. The van der Waals surface area contributed by atoms with Crippen molar-refractivity contribution in [1.82, 2.24) is 14.9 Å². The van der Waals surface area contributed by atoms with Crippen molar-refractivity contribution >= 4 is 11.5 Å². The van der Waals surface area contributed by atoms with Gasteiger partial charge in [-0.2, -0.15) is 0 Å². The predicted molar refractivity (Wildman–Crippen MR) is 72.8 cm³/mol. The first-order chi connectivity index (χ1) is 8.74. The molecule has 0 aromatic carbocycles. The molecule has 2 rings (SSSR count). The quantitative estimate of drug-likeness (QED) is 0.870. The van der Waals surface area contributed by atoms with Crippen molar-refractivity contribution in [2.24, 2.45) is 0 Å². The van der Waals surface area contributed by atoms with Crippen LogP contribution in [0.25, 0.3) is 0 Å². The summed E-state index contributed by atoms with van der Waals surface area (Å²) in [5, 5.41) is 7.79. The van der Waals surface area contributed by atoms with Crippen LogP contribution in [0, 0.1) is 0 Å². The van der Waals surface area contributed by atoms with Crippen LogP contribution in [0.2, 0.25) is 0 Å². The minimum atomic E-state index is 0.140. The van der Waals surface area contributed by atoms with Gasteiger partial charge in [0.2, 0.25) is 0 Å². The molecule has 2 aromatic heterocycles. The minimum Gasteiger partial charge on any atom is -0.472 e. The molecule has 0 saturated heterocycles. The first-order valence-corrected chi connectivity index (χ1v) is 7.09. The Hall–Kier alpha value is -1.20. The fourth-order valence-corrected chi connectivity index (χ4v) is 2.81. The molecule has 0 amide bonds. The smallest absolute Gasteiger partial charge is 0.0954 e. The predicted octanol–water partition coefficient (Wildman–Crippen LogP) is 3.34. The molecule has 1 N–H and O–H groups in total. The van der Waals surface area contributed by atoms with E-state index in [-0.39, 0.29) is 6.04 Å². The summed E-state index contributed by atoms with van der Waals surface area (Å²) >= 11 is 1.47. The second kappa shape index (κ2) is 6.11. The van der Waals surface area contributed by atoms with Crippen LogP contribution in [0.3, 0.4) is 0 Å². The third-order valence-electron chi connectivity index (χ3n) is 2.82. The average molecular weight is 265 g/mol. The van der Waals surface area contributed by atoms with Crippen LogP contribution >= 0.6 is 11.5 Å². The van der Waals surface area contributed by atoms with Gasteiger partial charge in [0.1, 0.15) is 0 Å². The Kier molecular flexibility index (Phi) is 4.49. The third kappa shape index (κ3) is 2.79. The van der Waals surface area contributed by atoms with E-state index >= 15 is 0 Å². The summed E-state index contributed by atoms with van der Waals surface area (Å²) in [7, 11) is 0. The summed E-state index contributed by atoms with van der Waals surface area (Å²) in [5.74, 6) is 0.386. The summed E-state index contributed by atoms with van der Waals surface area (Å²) in [5.41, 5.74) is 2.21. The van der Waals surface area contributed by atoms with Gasteiger partial charge < -0.3 is 9.73 Å². The molecular weight excluding hydrogens is 246 g/mol. The van der Waals surface area contributed by atoms with Crippen LogP contribution in [0.5, 0.6) is 0 Å². The van der Waals surface area contributed by atoms with Gasteiger partial charge in [0.05, 0.1) is 29.1 Å². The van der Waals surface area contributed by atoms with Gasteiger partial charge in [0, 0.05) is 5.56 Å². The number of hydrogen-bond acceptors (Lipinski definition) is 5. The lowest BCUT2D eigenvalue weighted by Crippen LogP contribution is -2.23. The molecule has 4 nitrogen and oxygen atoms in total. The zero-order valence-electron chi connectivity index (χ0n) is 11.0. The maximum atomic E-state index is 5.20. The fourth-order valence-electron chi connectivity index (χ4n) is 1.89. The van der Waals surface area contributed by atoms with Crippen molar-refractivity contribution in [3.05, 3.63) is 34.7 Å². The number of aromatic nitrogens is 2. The molecule has 1 unspecified atom stereocenters. The number of nitrogens with zero attached hydrogens (tertiary/aromatic N) is 2. The highest BCUT2D eigenvalue weighted by molar-refractivity contribution is 7.05. The van der Waals surface area contributed by atoms with E-state index in [4.69, 9.17) is 4.42 Å². The number of hydrogen-bond donors (Lipinski definition) is 1. The van der Waals surface area contributed by atoms with E-state index in [1.165, 1.54) is 16.4 Å². The number of nitrogens with one attached hydrogen (secondary N) is 1. The summed E-state index contributed by atoms with van der Waals surface area (Å²) in [6.45, 7) is 7.41. The van der Waals surface area contributed by atoms with Gasteiger partial charge >= 0.3 is 0 Å². The van der Waals surface area contributed by atoms with Crippen molar-refractivity contribution in [3.8, 4) is 0 Å². The van der Waals surface area contributed by atoms with Gasteiger partial charge in [-0.25, -0.2) is 0 Å². The lowest BCUT2D eigenvalue weighted by atomic mass is 10.0. The van der Waals surface area contributed by atoms with E-state index in [1.54, 1.807) is 12.5 Å². The Labute approximate surface area is 112 Å². The summed E-state index contributed by atoms with van der Waals surface area (Å²) in [6, 6.07) is 2.14. The Balaban J connectivity index is 2.31. The molecule has 0 aliphatic rings. The van der Waals surface area contributed by atoms with Gasteiger partial charge in [-0.15, -0.1) is 5.10 Å². The molecule has 18 heavy (non-hydrogen) atoms. The molecular formula is C13H19N3OS. The monoisotopic (exact) mass is 265 g/mol. The van der Waals surface area contributed by atoms with Crippen molar-refractivity contribution in [3.63, 3.8) is 0 Å². The van der Waals surface area contributed by atoms with Crippen molar-refractivity contribution in [2.75, 3.05) is 6.54 Å². The molecule has 98 valence electrons. The first kappa shape index (κ1) is 13.2. The van der Waals surface area contributed by atoms with Crippen LogP contribution in [0.4, 0.5) is 0 Å². The van der Waals surface area contributed by atoms with E-state index in [0.717, 1.165) is 24.2 Å². The SMILES string of the molecule is CCCNC(c1ccoc1)c1snnc1C(C)C. The first-order valence-electron chi connectivity index (χ1n) is 6.31. The molecule has 0 fully saturated rings. The fraction of sp³-hybridized carbons (Fsp3) is 0.538. The van der Waals surface area contributed by atoms with E-state index < -0.39 is 0 Å². The van der Waals surface area contributed by atoms with E-state index in [2.05, 4.69) is 35.7 Å². The van der Waals surface area contributed by atoms with Crippen LogP contribution in [-0.4, -0.2) is 16.1 Å². The zero-order valence-corrected chi connectivity index (χ0v) is 11.8. The molecule has 0 spiro atoms. The van der Waals surface area contributed by atoms with Crippen molar-refractivity contribution < 1.29 is 4.42 Å². The molecule has 1 atom stereocenters. The Morgan fingerprint density at radius 2 is 2.28 bits per heavy atom. The minimum absolute atomic E-state index is 0.140. The highest BCUT2D eigenvalue weighted by Crippen LogP contribution is 2.30. The lowest BCUT2D eigenvalue weighted by Gasteiger charge is -2.17. The highest BCUT2D eigenvalue weighted by atomic mass is 32.1. The lowest BCUT2D eigenvalue weighted by molar-refractivity contribution is 0.548. The second-order valence-electron chi connectivity index (χ2n) is 4.62. The van der Waals surface area contributed by atoms with Crippen molar-refractivity contribution in [1.29, 1.82) is 0 Å². The third-order valence-corrected chi connectivity index (χ3v) is 3.63. The largest absolute Gasteiger partial charge is 0.472 e. The van der Waals surface area contributed by atoms with E-state index in [9.17, 15) is 0 Å². The normalized spacial score (nSPS) is 13.1. The van der Waals surface area contributed by atoms with Gasteiger partial charge in [0.25, 0.3) is 0 Å². The summed E-state index contributed by atoms with van der Waals surface area (Å²) < 4.78 is 9.30. The zero-order chi connectivity index (χ0) is 13.0. The molecule has 2 heterocycles. The standard InChI is InChI=1S/C13H19N3OS/c1-4-6-14-12(10-5-7-17-8-10)13-11(9(2)3)15-16-18-13/h5,7-9,12,14H,4,6H2,1-3H3. The molecule has 0 bridgehead atoms. The van der Waals surface area contributed by atoms with E-state index in [0.29, 0.717) is 5.92 Å². The van der Waals surface area contributed by atoms with Crippen molar-refractivity contribution in [2.45, 2.75) is 39.2 Å². The Bertz CT molecular complexity index is 464. The highest BCUT2D eigenvalue weighted by Gasteiger charge is 2.22. The van der Waals surface area contributed by atoms with Gasteiger partial charge in [0.15, 0.2) is 0 Å². The van der Waals surface area contributed by atoms with Crippen LogP contribution < -0.4 is 5.32 Å². The molecule has 0 radical (unpaired) electrons. The van der Waals surface area contributed by atoms with Gasteiger partial charge in [-0.3, -0.25) is 0 Å². The molecule has 2 aromatic rings. The summed E-state index contributed by atoms with van der Waals surface area (Å²) in [4.78, 5) is 1.19. The van der Waals surface area contributed by atoms with Gasteiger partial charge in [-0.1, -0.05) is 25.3 Å². The summed E-state index contributed by atoms with van der Waals surface area (Å²) in [6.07, 6.45) is 4.59. The van der Waals surface area contributed by atoms with Gasteiger partial charge in [-0.05, 0) is 36.5 Å². The topological polar surface area (TPSA) is 51.0 Å². The average Bonchev–Trinajstić information content (AvgIpc) is 3.00. The van der Waals surface area contributed by atoms with Crippen LogP contribution in [-0.2, 0) is 0 Å².